The van der Waals surface area contributed by atoms with Crippen LogP contribution in [0.15, 0.2) is 17.0 Å². The van der Waals surface area contributed by atoms with Crippen LogP contribution in [-0.4, -0.2) is 20.7 Å². The van der Waals surface area contributed by atoms with Crippen LogP contribution in [0.5, 0.6) is 0 Å². The van der Waals surface area contributed by atoms with Gasteiger partial charge >= 0.3 is 0 Å². The summed E-state index contributed by atoms with van der Waals surface area (Å²) >= 11 is 0. The number of benzene rings is 1. The van der Waals surface area contributed by atoms with Crippen molar-refractivity contribution in [3.8, 4) is 0 Å². The van der Waals surface area contributed by atoms with Crippen LogP contribution in [0.3, 0.4) is 0 Å². The summed E-state index contributed by atoms with van der Waals surface area (Å²) in [6, 6.07) is 1.18. The van der Waals surface area contributed by atoms with Gasteiger partial charge < -0.3 is 5.32 Å². The zero-order valence-electron chi connectivity index (χ0n) is 9.33. The monoisotopic (exact) mass is 261 g/mol. The van der Waals surface area contributed by atoms with Crippen molar-refractivity contribution in [2.75, 3.05) is 12.3 Å². The van der Waals surface area contributed by atoms with Crippen LogP contribution in [0.2, 0.25) is 0 Å². The first kappa shape index (κ1) is 12.4. The normalized spacial score (nSPS) is 21.5. The lowest BCUT2D eigenvalue weighted by atomic mass is 10.1. The van der Waals surface area contributed by atoms with Crippen molar-refractivity contribution in [2.45, 2.75) is 24.3 Å². The van der Waals surface area contributed by atoms with E-state index in [2.05, 4.69) is 5.32 Å². The molecule has 3 nitrogen and oxygen atoms in total. The predicted octanol–water partition coefficient (Wildman–Crippen LogP) is 1.79. The Bertz CT molecular complexity index is 543. The minimum atomic E-state index is -3.72. The maximum absolute atomic E-state index is 13.6. The summed E-state index contributed by atoms with van der Waals surface area (Å²) < 4.78 is 50.6. The van der Waals surface area contributed by atoms with E-state index in [-0.39, 0.29) is 11.3 Å². The van der Waals surface area contributed by atoms with Crippen LogP contribution < -0.4 is 5.32 Å². The first-order valence-electron chi connectivity index (χ1n) is 5.41. The molecule has 1 aliphatic rings. The van der Waals surface area contributed by atoms with Crippen LogP contribution >= 0.6 is 0 Å². The SMILES string of the molecule is CCCNC1CS(=O)(=O)c2c(F)ccc(F)c21. The Kier molecular flexibility index (Phi) is 3.18. The van der Waals surface area contributed by atoms with E-state index in [0.29, 0.717) is 6.54 Å². The maximum atomic E-state index is 13.6. The first-order valence-corrected chi connectivity index (χ1v) is 7.06. The fourth-order valence-corrected chi connectivity index (χ4v) is 3.89. The number of rotatable bonds is 3. The summed E-state index contributed by atoms with van der Waals surface area (Å²) in [5.41, 5.74) is -0.0570. The largest absolute Gasteiger partial charge is 0.309 e. The van der Waals surface area contributed by atoms with Gasteiger partial charge in [0.15, 0.2) is 9.84 Å². The van der Waals surface area contributed by atoms with Gasteiger partial charge in [0.05, 0.1) is 11.8 Å². The molecule has 0 aliphatic carbocycles. The number of fused-ring (bicyclic) bond motifs is 1. The summed E-state index contributed by atoms with van der Waals surface area (Å²) in [5, 5.41) is 2.93. The Morgan fingerprint density at radius 1 is 1.35 bits per heavy atom. The van der Waals surface area contributed by atoms with Crippen molar-refractivity contribution in [1.82, 2.24) is 5.32 Å². The Balaban J connectivity index is 2.53. The topological polar surface area (TPSA) is 46.2 Å². The number of hydrogen-bond acceptors (Lipinski definition) is 3. The van der Waals surface area contributed by atoms with Gasteiger partial charge in [-0.2, -0.15) is 0 Å². The van der Waals surface area contributed by atoms with E-state index >= 15 is 0 Å². The maximum Gasteiger partial charge on any atom is 0.183 e. The standard InChI is InChI=1S/C11H13F2NO2S/c1-2-5-14-9-6-17(15,16)11-8(13)4-3-7(12)10(9)11/h3-4,9,14H,2,5-6H2,1H3. The predicted molar refractivity (Wildman–Crippen MR) is 59.4 cm³/mol. The van der Waals surface area contributed by atoms with Crippen molar-refractivity contribution in [2.24, 2.45) is 0 Å². The Morgan fingerprint density at radius 3 is 2.65 bits per heavy atom. The molecule has 0 saturated carbocycles. The summed E-state index contributed by atoms with van der Waals surface area (Å²) in [7, 11) is -3.72. The molecule has 0 fully saturated rings. The third kappa shape index (κ3) is 2.07. The van der Waals surface area contributed by atoms with Gasteiger partial charge in [-0.15, -0.1) is 0 Å². The summed E-state index contributed by atoms with van der Waals surface area (Å²) in [6.45, 7) is 2.48. The van der Waals surface area contributed by atoms with E-state index in [9.17, 15) is 17.2 Å². The highest BCUT2D eigenvalue weighted by atomic mass is 32.2. The minimum Gasteiger partial charge on any atom is -0.309 e. The highest BCUT2D eigenvalue weighted by Crippen LogP contribution is 2.36. The lowest BCUT2D eigenvalue weighted by Crippen LogP contribution is -2.24. The molecule has 1 unspecified atom stereocenters. The van der Waals surface area contributed by atoms with E-state index in [0.717, 1.165) is 18.6 Å². The molecule has 94 valence electrons. The highest BCUT2D eigenvalue weighted by Gasteiger charge is 2.39. The van der Waals surface area contributed by atoms with E-state index in [1.807, 2.05) is 6.92 Å². The average Bonchev–Trinajstić information content (AvgIpc) is 2.54. The molecule has 0 spiro atoms. The van der Waals surface area contributed by atoms with Gasteiger partial charge in [0.2, 0.25) is 0 Å². The number of hydrogen-bond donors (Lipinski definition) is 1. The van der Waals surface area contributed by atoms with E-state index in [4.69, 9.17) is 0 Å². The van der Waals surface area contributed by atoms with Gasteiger partial charge in [0.1, 0.15) is 16.5 Å². The molecule has 1 N–H and O–H groups in total. The van der Waals surface area contributed by atoms with Crippen molar-refractivity contribution < 1.29 is 17.2 Å². The van der Waals surface area contributed by atoms with Gasteiger partial charge in [-0.25, -0.2) is 17.2 Å². The molecule has 1 aromatic rings. The van der Waals surface area contributed by atoms with Gasteiger partial charge in [0, 0.05) is 5.56 Å². The third-order valence-corrected chi connectivity index (χ3v) is 4.59. The molecule has 0 saturated heterocycles. The summed E-state index contributed by atoms with van der Waals surface area (Å²) in [6.07, 6.45) is 0.794. The molecule has 0 bridgehead atoms. The minimum absolute atomic E-state index is 0.0570. The Morgan fingerprint density at radius 2 is 2.00 bits per heavy atom. The van der Waals surface area contributed by atoms with Gasteiger partial charge in [-0.05, 0) is 25.1 Å². The van der Waals surface area contributed by atoms with Crippen LogP contribution in [-0.2, 0) is 9.84 Å². The van der Waals surface area contributed by atoms with Crippen molar-refractivity contribution in [3.05, 3.63) is 29.3 Å². The van der Waals surface area contributed by atoms with E-state index in [1.54, 1.807) is 0 Å². The Labute approximate surface area is 98.8 Å². The number of sulfone groups is 1. The number of halogens is 2. The molecular weight excluding hydrogens is 248 g/mol. The Hall–Kier alpha value is -1.01. The molecule has 2 rings (SSSR count). The van der Waals surface area contributed by atoms with Gasteiger partial charge in [-0.1, -0.05) is 6.92 Å². The lowest BCUT2D eigenvalue weighted by Gasteiger charge is -2.12. The number of nitrogens with one attached hydrogen (secondary N) is 1. The molecule has 0 amide bonds. The molecule has 1 aliphatic heterocycles. The molecular formula is C11H13F2NO2S. The van der Waals surface area contributed by atoms with Crippen molar-refractivity contribution in [1.29, 1.82) is 0 Å². The molecule has 6 heteroatoms. The van der Waals surface area contributed by atoms with E-state index in [1.165, 1.54) is 0 Å². The average molecular weight is 261 g/mol. The second kappa shape index (κ2) is 4.34. The smallest absolute Gasteiger partial charge is 0.183 e. The van der Waals surface area contributed by atoms with Crippen LogP contribution in [0, 0.1) is 11.6 Å². The van der Waals surface area contributed by atoms with Gasteiger partial charge in [0.25, 0.3) is 0 Å². The second-order valence-electron chi connectivity index (χ2n) is 4.06. The lowest BCUT2D eigenvalue weighted by molar-refractivity contribution is 0.514. The molecule has 1 atom stereocenters. The summed E-state index contributed by atoms with van der Waals surface area (Å²) in [4.78, 5) is -0.480. The fraction of sp³-hybridized carbons (Fsp3) is 0.455. The highest BCUT2D eigenvalue weighted by molar-refractivity contribution is 7.91. The fourth-order valence-electron chi connectivity index (χ4n) is 2.06. The zero-order valence-corrected chi connectivity index (χ0v) is 10.2. The van der Waals surface area contributed by atoms with Gasteiger partial charge in [-0.3, -0.25) is 0 Å². The molecule has 0 aromatic heterocycles. The quantitative estimate of drug-likeness (QED) is 0.902. The first-order chi connectivity index (χ1) is 7.97. The van der Waals surface area contributed by atoms with Crippen LogP contribution in [0.25, 0.3) is 0 Å². The summed E-state index contributed by atoms with van der Waals surface area (Å²) in [5.74, 6) is -1.82. The van der Waals surface area contributed by atoms with E-state index < -0.39 is 32.4 Å². The third-order valence-electron chi connectivity index (χ3n) is 2.78. The molecule has 17 heavy (non-hydrogen) atoms. The molecule has 1 heterocycles. The van der Waals surface area contributed by atoms with Crippen molar-refractivity contribution >= 4 is 9.84 Å². The second-order valence-corrected chi connectivity index (χ2v) is 6.03. The molecule has 0 radical (unpaired) electrons. The van der Waals surface area contributed by atoms with Crippen LogP contribution in [0.1, 0.15) is 24.9 Å². The zero-order chi connectivity index (χ0) is 12.6. The van der Waals surface area contributed by atoms with Crippen LogP contribution in [0.4, 0.5) is 8.78 Å². The molecule has 1 aromatic carbocycles. The van der Waals surface area contributed by atoms with Crippen molar-refractivity contribution in [3.63, 3.8) is 0 Å².